The molecular weight excluding hydrogens is 1450 g/mol. The molecule has 0 spiro atoms. The first kappa shape index (κ1) is 66.6. The first-order valence-electron chi connectivity index (χ1n) is 38.2. The molecule has 0 unspecified atom stereocenters. The van der Waals surface area contributed by atoms with Gasteiger partial charge in [0.05, 0.1) is 67.3 Å². The molecule has 15 aromatic carbocycles. The van der Waals surface area contributed by atoms with Crippen molar-refractivity contribution in [2.24, 2.45) is 0 Å². The van der Waals surface area contributed by atoms with Crippen LogP contribution in [0.15, 0.2) is 388 Å². The zero-order valence-corrected chi connectivity index (χ0v) is 63.7. The smallest absolute Gasteiger partial charge is 0.235 e. The lowest BCUT2D eigenvalue weighted by atomic mass is 10.1. The fraction of sp³-hybridized carbons (Fsp3) is 0. The summed E-state index contributed by atoms with van der Waals surface area (Å²) in [6, 6.07) is 137. The number of rotatable bonds is 9. The Labute approximate surface area is 667 Å². The standard InChI is InChI=1S/C35H22N2S.2C34H21N3S/c1-3-11-23(12-4-1)29-21-25(22-30(36-29)24-13-5-2-6-14-24)37-31-17-9-7-15-26(31)27-19-20-33-34(35(27)37)28-16-8-10-18-32(28)38-33;1-3-11-22(12-4-1)27-21-28(23-13-5-2-6-14-23)36-34(35-27)37-29-17-9-7-15-24(29)25-19-20-31-32(33(25)37)26-16-8-10-18-30(26)38-31;1-3-11-22(12-4-1)27-21-31(36-34(35-27)23-13-5-2-6-14-23)37-28-17-9-7-15-24(28)25-19-20-30-32(33(25)37)26-16-8-10-18-29(26)38-30/h1-22H;2*1-21H. The summed E-state index contributed by atoms with van der Waals surface area (Å²) < 4.78 is 14.8. The molecule has 0 bridgehead atoms. The number of para-hydroxylation sites is 3. The van der Waals surface area contributed by atoms with Crippen LogP contribution in [0.1, 0.15) is 0 Å². The number of aromatic nitrogens is 8. The van der Waals surface area contributed by atoms with Crippen LogP contribution in [0.5, 0.6) is 0 Å². The second-order valence-corrected chi connectivity index (χ2v) is 31.8. The Bertz CT molecular complexity index is 6930. The quantitative estimate of drug-likeness (QED) is 0.144. The number of thiophene rings is 3. The van der Waals surface area contributed by atoms with Crippen molar-refractivity contribution in [3.8, 4) is 85.1 Å². The number of hydrogen-bond acceptors (Lipinski definition) is 8. The van der Waals surface area contributed by atoms with E-state index in [1.807, 2.05) is 70.4 Å². The third kappa shape index (κ3) is 11.4. The van der Waals surface area contributed by atoms with E-state index in [0.717, 1.165) is 95.7 Å². The molecule has 8 nitrogen and oxygen atoms in total. The molecule has 0 saturated carbocycles. The molecule has 0 saturated heterocycles. The van der Waals surface area contributed by atoms with Crippen LogP contribution in [-0.2, 0) is 0 Å². The summed E-state index contributed by atoms with van der Waals surface area (Å²) in [5.41, 5.74) is 19.3. The SMILES string of the molecule is c1ccc(-c2cc(-c3ccccc3)nc(-n3c4ccccc4c4ccc5sc6ccccc6c5c43)n2)cc1.c1ccc(-c2cc(-n3c4ccccc4c4ccc5sc6ccccc6c5c43)cc(-c3ccccc3)n2)cc1.c1ccc(-c2cc(-n3c4ccccc4c4ccc5sc6ccccc6c5c43)nc(-c3ccccc3)n2)cc1. The lowest BCUT2D eigenvalue weighted by molar-refractivity contribution is 0.998. The molecule has 0 N–H and O–H groups in total. The number of fused-ring (bicyclic) bond motifs is 21. The number of benzene rings is 15. The maximum absolute atomic E-state index is 5.20. The third-order valence-corrected chi connectivity index (χ3v) is 25.2. The van der Waals surface area contributed by atoms with Gasteiger partial charge in [-0.2, -0.15) is 0 Å². The van der Waals surface area contributed by atoms with Crippen molar-refractivity contribution in [2.75, 3.05) is 0 Å². The normalized spacial score (nSPS) is 11.7. The summed E-state index contributed by atoms with van der Waals surface area (Å²) in [6.45, 7) is 0. The number of pyridine rings is 1. The van der Waals surface area contributed by atoms with E-state index in [1.54, 1.807) is 0 Å². The monoisotopic (exact) mass is 1510 g/mol. The van der Waals surface area contributed by atoms with E-state index in [1.165, 1.54) is 109 Å². The first-order chi connectivity index (χ1) is 56.5. The minimum atomic E-state index is 0.680. The molecule has 0 fully saturated rings. The Morgan fingerprint density at radius 3 is 0.886 bits per heavy atom. The molecule has 0 aliphatic rings. The zero-order chi connectivity index (χ0) is 75.2. The van der Waals surface area contributed by atoms with E-state index in [2.05, 4.69) is 366 Å². The van der Waals surface area contributed by atoms with Gasteiger partial charge in [-0.25, -0.2) is 24.9 Å². The minimum Gasteiger partial charge on any atom is -0.308 e. The van der Waals surface area contributed by atoms with E-state index in [-0.39, 0.29) is 0 Å². The second kappa shape index (κ2) is 27.9. The lowest BCUT2D eigenvalue weighted by Crippen LogP contribution is -2.04. The van der Waals surface area contributed by atoms with E-state index in [9.17, 15) is 0 Å². The summed E-state index contributed by atoms with van der Waals surface area (Å²) in [7, 11) is 0. The van der Waals surface area contributed by atoms with E-state index < -0.39 is 0 Å². The molecule has 0 radical (unpaired) electrons. The Kier molecular flexibility index (Phi) is 16.3. The van der Waals surface area contributed by atoms with Crippen LogP contribution in [0.2, 0.25) is 0 Å². The first-order valence-corrected chi connectivity index (χ1v) is 40.6. The summed E-state index contributed by atoms with van der Waals surface area (Å²) in [4.78, 5) is 25.8. The predicted molar refractivity (Wildman–Crippen MR) is 483 cm³/mol. The van der Waals surface area contributed by atoms with Crippen LogP contribution >= 0.6 is 34.0 Å². The van der Waals surface area contributed by atoms with Gasteiger partial charge in [0.15, 0.2) is 5.82 Å². The predicted octanol–water partition coefficient (Wildman–Crippen LogP) is 28.4. The van der Waals surface area contributed by atoms with E-state index in [0.29, 0.717) is 5.95 Å². The zero-order valence-electron chi connectivity index (χ0n) is 61.3. The Morgan fingerprint density at radius 1 is 0.193 bits per heavy atom. The minimum absolute atomic E-state index is 0.680. The van der Waals surface area contributed by atoms with Crippen LogP contribution < -0.4 is 0 Å². The van der Waals surface area contributed by atoms with Crippen molar-refractivity contribution >= 4 is 160 Å². The molecule has 0 aliphatic heterocycles. The average Bonchev–Trinajstić information content (AvgIpc) is 1.57. The molecule has 0 amide bonds. The van der Waals surface area contributed by atoms with Gasteiger partial charge in [0.25, 0.3) is 0 Å². The number of nitrogens with zero attached hydrogens (tertiary/aromatic N) is 8. The summed E-state index contributed by atoms with van der Waals surface area (Å²) in [5.74, 6) is 2.26. The molecule has 11 heteroatoms. The van der Waals surface area contributed by atoms with Crippen molar-refractivity contribution in [1.29, 1.82) is 0 Å². The summed E-state index contributed by atoms with van der Waals surface area (Å²) in [6.07, 6.45) is 0. The fourth-order valence-corrected chi connectivity index (χ4v) is 20.1. The van der Waals surface area contributed by atoms with Crippen molar-refractivity contribution in [1.82, 2.24) is 38.6 Å². The van der Waals surface area contributed by atoms with Gasteiger partial charge in [0.2, 0.25) is 5.95 Å². The number of hydrogen-bond donors (Lipinski definition) is 0. The Balaban J connectivity index is 0.000000104. The molecule has 9 aromatic heterocycles. The van der Waals surface area contributed by atoms with Gasteiger partial charge in [-0.15, -0.1) is 34.0 Å². The Morgan fingerprint density at radius 2 is 0.491 bits per heavy atom. The topological polar surface area (TPSA) is 79.2 Å². The highest BCUT2D eigenvalue weighted by molar-refractivity contribution is 7.26. The molecule has 24 aromatic rings. The van der Waals surface area contributed by atoms with Gasteiger partial charge < -0.3 is 4.57 Å². The maximum atomic E-state index is 5.20. The van der Waals surface area contributed by atoms with Crippen molar-refractivity contribution in [3.63, 3.8) is 0 Å². The van der Waals surface area contributed by atoms with Crippen molar-refractivity contribution in [2.45, 2.75) is 0 Å². The van der Waals surface area contributed by atoms with Gasteiger partial charge in [0.1, 0.15) is 5.82 Å². The summed E-state index contributed by atoms with van der Waals surface area (Å²) >= 11 is 5.55. The largest absolute Gasteiger partial charge is 0.308 e. The Hall–Kier alpha value is -14.3. The van der Waals surface area contributed by atoms with Crippen LogP contribution in [-0.4, -0.2) is 38.6 Å². The van der Waals surface area contributed by atoms with Crippen LogP contribution in [0, 0.1) is 0 Å². The van der Waals surface area contributed by atoms with Crippen LogP contribution in [0.4, 0.5) is 0 Å². The van der Waals surface area contributed by atoms with Gasteiger partial charge in [-0.05, 0) is 72.8 Å². The fourth-order valence-electron chi connectivity index (χ4n) is 16.7. The van der Waals surface area contributed by atoms with Gasteiger partial charge >= 0.3 is 0 Å². The lowest BCUT2D eigenvalue weighted by Gasteiger charge is -2.14. The maximum Gasteiger partial charge on any atom is 0.235 e. The van der Waals surface area contributed by atoms with E-state index in [4.69, 9.17) is 24.9 Å². The summed E-state index contributed by atoms with van der Waals surface area (Å²) in [5, 5.41) is 15.1. The van der Waals surface area contributed by atoms with Gasteiger partial charge in [0, 0.05) is 132 Å². The molecule has 9 heterocycles. The molecule has 0 atom stereocenters. The molecule has 114 heavy (non-hydrogen) atoms. The van der Waals surface area contributed by atoms with Crippen LogP contribution in [0.3, 0.4) is 0 Å². The molecule has 0 aliphatic carbocycles. The van der Waals surface area contributed by atoms with Crippen molar-refractivity contribution < 1.29 is 0 Å². The van der Waals surface area contributed by atoms with Gasteiger partial charge in [-0.1, -0.05) is 309 Å². The third-order valence-electron chi connectivity index (χ3n) is 21.8. The molecular formula is C103H64N8S3. The van der Waals surface area contributed by atoms with Crippen LogP contribution in [0.25, 0.3) is 211 Å². The van der Waals surface area contributed by atoms with E-state index >= 15 is 0 Å². The molecule has 534 valence electrons. The van der Waals surface area contributed by atoms with Gasteiger partial charge in [-0.3, -0.25) is 9.13 Å². The van der Waals surface area contributed by atoms with Crippen molar-refractivity contribution in [3.05, 3.63) is 388 Å². The highest BCUT2D eigenvalue weighted by Crippen LogP contribution is 2.48. The highest BCUT2D eigenvalue weighted by Gasteiger charge is 2.25. The second-order valence-electron chi connectivity index (χ2n) is 28.5. The average molecular weight is 1510 g/mol. The highest BCUT2D eigenvalue weighted by atomic mass is 32.1. The molecule has 24 rings (SSSR count).